The largest absolute Gasteiger partial charge is 0.462 e. The molecule has 356 valence electrons. The third-order valence-corrected chi connectivity index (χ3v) is 11.6. The highest BCUT2D eigenvalue weighted by Gasteiger charge is 2.19. The van der Waals surface area contributed by atoms with Crippen LogP contribution in [0, 0.1) is 0 Å². The molecule has 0 fully saturated rings. The Morgan fingerprint density at radius 1 is 0.311 bits per heavy atom. The van der Waals surface area contributed by atoms with Crippen molar-refractivity contribution in [3.8, 4) is 0 Å². The number of hydrogen-bond donors (Lipinski definition) is 0. The number of unbranched alkanes of at least 4 members (excludes halogenated alkanes) is 31. The number of rotatable bonds is 48. The van der Waals surface area contributed by atoms with Crippen molar-refractivity contribution >= 4 is 17.9 Å². The van der Waals surface area contributed by atoms with Gasteiger partial charge in [0, 0.05) is 19.3 Å². The number of carbonyl (C=O) groups excluding carboxylic acids is 3. The molecule has 0 aromatic heterocycles. The number of ether oxygens (including phenoxy) is 3. The lowest BCUT2D eigenvalue weighted by Gasteiger charge is -2.18. The summed E-state index contributed by atoms with van der Waals surface area (Å²) in [4.78, 5) is 38.0. The molecule has 0 heterocycles. The molecule has 0 aliphatic heterocycles. The molecule has 6 nitrogen and oxygen atoms in total. The summed E-state index contributed by atoms with van der Waals surface area (Å²) in [7, 11) is 0. The van der Waals surface area contributed by atoms with Crippen LogP contribution in [0.3, 0.4) is 0 Å². The van der Waals surface area contributed by atoms with Crippen LogP contribution in [0.15, 0.2) is 36.5 Å². The monoisotopic (exact) mass is 857 g/mol. The lowest BCUT2D eigenvalue weighted by atomic mass is 10.1. The van der Waals surface area contributed by atoms with Gasteiger partial charge in [0.2, 0.25) is 0 Å². The van der Waals surface area contributed by atoms with Crippen molar-refractivity contribution in [2.45, 2.75) is 284 Å². The molecule has 6 heteroatoms. The van der Waals surface area contributed by atoms with Crippen LogP contribution in [-0.2, 0) is 28.6 Å². The van der Waals surface area contributed by atoms with Crippen molar-refractivity contribution in [1.82, 2.24) is 0 Å². The number of hydrogen-bond acceptors (Lipinski definition) is 6. The second-order valence-corrected chi connectivity index (χ2v) is 17.8. The van der Waals surface area contributed by atoms with Gasteiger partial charge in [-0.25, -0.2) is 0 Å². The highest BCUT2D eigenvalue weighted by molar-refractivity contribution is 5.71. The van der Waals surface area contributed by atoms with E-state index in [1.807, 2.05) is 0 Å². The predicted octanol–water partition coefficient (Wildman–Crippen LogP) is 17.3. The molecule has 0 aromatic rings. The van der Waals surface area contributed by atoms with E-state index in [1.165, 1.54) is 154 Å². The van der Waals surface area contributed by atoms with E-state index in [4.69, 9.17) is 14.2 Å². The number of esters is 3. The highest BCUT2D eigenvalue weighted by atomic mass is 16.6. The summed E-state index contributed by atoms with van der Waals surface area (Å²) in [6, 6.07) is 0. The lowest BCUT2D eigenvalue weighted by molar-refractivity contribution is -0.167. The Hall–Kier alpha value is -2.37. The van der Waals surface area contributed by atoms with Crippen molar-refractivity contribution in [2.75, 3.05) is 13.2 Å². The van der Waals surface area contributed by atoms with Gasteiger partial charge in [-0.3, -0.25) is 14.4 Å². The van der Waals surface area contributed by atoms with Gasteiger partial charge in [-0.15, -0.1) is 0 Å². The third-order valence-electron chi connectivity index (χ3n) is 11.6. The van der Waals surface area contributed by atoms with Crippen molar-refractivity contribution in [1.29, 1.82) is 0 Å². The first-order chi connectivity index (χ1) is 30.0. The molecule has 0 saturated carbocycles. The minimum absolute atomic E-state index is 0.0809. The summed E-state index contributed by atoms with van der Waals surface area (Å²) in [6.07, 6.45) is 58.4. The quantitative estimate of drug-likeness (QED) is 0.0262. The van der Waals surface area contributed by atoms with Crippen LogP contribution in [0.2, 0.25) is 0 Å². The number of allylic oxidation sites excluding steroid dienone is 6. The Balaban J connectivity index is 4.39. The zero-order chi connectivity index (χ0) is 44.4. The Bertz CT molecular complexity index is 1030. The summed E-state index contributed by atoms with van der Waals surface area (Å²) in [5.74, 6) is -0.896. The molecule has 0 radical (unpaired) electrons. The van der Waals surface area contributed by atoms with Gasteiger partial charge in [0.1, 0.15) is 13.2 Å². The first kappa shape index (κ1) is 58.6. The first-order valence-corrected chi connectivity index (χ1v) is 26.5. The molecule has 0 aliphatic rings. The molecule has 0 amide bonds. The van der Waals surface area contributed by atoms with Crippen molar-refractivity contribution in [3.05, 3.63) is 36.5 Å². The van der Waals surface area contributed by atoms with Gasteiger partial charge < -0.3 is 14.2 Å². The SMILES string of the molecule is CCCCCCC/C=C\CCCCCCCC(=O)OC[C@H](COC(=O)CCCCCCC/C=C\CCCCCCCC)OC(=O)CCCCCCC/C=C\CCCCCCC. The molecule has 0 unspecified atom stereocenters. The summed E-state index contributed by atoms with van der Waals surface area (Å²) in [6.45, 7) is 6.61. The summed E-state index contributed by atoms with van der Waals surface area (Å²) >= 11 is 0. The zero-order valence-electron chi connectivity index (χ0n) is 40.7. The van der Waals surface area contributed by atoms with E-state index >= 15 is 0 Å². The van der Waals surface area contributed by atoms with Crippen LogP contribution in [0.25, 0.3) is 0 Å². The van der Waals surface area contributed by atoms with Crippen LogP contribution < -0.4 is 0 Å². The molecule has 0 N–H and O–H groups in total. The van der Waals surface area contributed by atoms with Gasteiger partial charge in [-0.1, -0.05) is 198 Å². The van der Waals surface area contributed by atoms with E-state index in [1.54, 1.807) is 0 Å². The van der Waals surface area contributed by atoms with Crippen molar-refractivity contribution in [2.24, 2.45) is 0 Å². The maximum absolute atomic E-state index is 12.8. The molecular formula is C55H100O6. The highest BCUT2D eigenvalue weighted by Crippen LogP contribution is 2.14. The fourth-order valence-electron chi connectivity index (χ4n) is 7.54. The standard InChI is InChI=1S/C55H100O6/c1-4-7-10-13-16-19-22-25-28-31-33-36-39-42-45-48-54(57)60-51-52(61-55(58)49-46-43-40-37-34-30-27-24-21-18-15-12-9-6-3)50-59-53(56)47-44-41-38-35-32-29-26-23-20-17-14-11-8-5-2/h23-28,52H,4-22,29-51H2,1-3H3/b26-23-,27-24-,28-25-/t52-/m1/s1. The van der Waals surface area contributed by atoms with Gasteiger partial charge in [-0.2, -0.15) is 0 Å². The Morgan fingerprint density at radius 3 is 0.820 bits per heavy atom. The molecule has 0 spiro atoms. The Kier molecular flexibility index (Phi) is 48.3. The molecule has 0 aromatic carbocycles. The maximum atomic E-state index is 12.8. The van der Waals surface area contributed by atoms with Crippen LogP contribution >= 0.6 is 0 Å². The average Bonchev–Trinajstić information content (AvgIpc) is 3.26. The van der Waals surface area contributed by atoms with Crippen LogP contribution in [0.1, 0.15) is 278 Å². The minimum Gasteiger partial charge on any atom is -0.462 e. The topological polar surface area (TPSA) is 78.9 Å². The summed E-state index contributed by atoms with van der Waals surface area (Å²) < 4.78 is 16.8. The summed E-state index contributed by atoms with van der Waals surface area (Å²) in [5, 5.41) is 0. The van der Waals surface area contributed by atoms with Gasteiger partial charge in [-0.05, 0) is 96.3 Å². The molecule has 0 rings (SSSR count). The van der Waals surface area contributed by atoms with E-state index in [2.05, 4.69) is 57.2 Å². The molecule has 0 saturated heterocycles. The number of carbonyl (C=O) groups is 3. The summed E-state index contributed by atoms with van der Waals surface area (Å²) in [5.41, 5.74) is 0. The van der Waals surface area contributed by atoms with Crippen LogP contribution in [-0.4, -0.2) is 37.2 Å². The second kappa shape index (κ2) is 50.3. The zero-order valence-corrected chi connectivity index (χ0v) is 40.7. The van der Waals surface area contributed by atoms with Crippen molar-refractivity contribution < 1.29 is 28.6 Å². The molecule has 1 atom stereocenters. The van der Waals surface area contributed by atoms with E-state index in [0.717, 1.165) is 83.5 Å². The van der Waals surface area contributed by atoms with Gasteiger partial charge >= 0.3 is 17.9 Å². The van der Waals surface area contributed by atoms with E-state index in [-0.39, 0.29) is 31.1 Å². The maximum Gasteiger partial charge on any atom is 0.306 e. The minimum atomic E-state index is -0.780. The molecule has 61 heavy (non-hydrogen) atoms. The average molecular weight is 857 g/mol. The fraction of sp³-hybridized carbons (Fsp3) is 0.836. The normalized spacial score (nSPS) is 12.2. The third kappa shape index (κ3) is 48.5. The van der Waals surface area contributed by atoms with Crippen molar-refractivity contribution in [3.63, 3.8) is 0 Å². The molecule has 0 bridgehead atoms. The predicted molar refractivity (Wildman–Crippen MR) is 261 cm³/mol. The van der Waals surface area contributed by atoms with Crippen LogP contribution in [0.4, 0.5) is 0 Å². The van der Waals surface area contributed by atoms with E-state index in [9.17, 15) is 14.4 Å². The smallest absolute Gasteiger partial charge is 0.306 e. The van der Waals surface area contributed by atoms with Crippen LogP contribution in [0.5, 0.6) is 0 Å². The van der Waals surface area contributed by atoms with Gasteiger partial charge in [0.25, 0.3) is 0 Å². The van der Waals surface area contributed by atoms with Gasteiger partial charge in [0.15, 0.2) is 6.10 Å². The Labute approximate surface area is 378 Å². The Morgan fingerprint density at radius 2 is 0.541 bits per heavy atom. The van der Waals surface area contributed by atoms with E-state index in [0.29, 0.717) is 19.3 Å². The molecular weight excluding hydrogens is 757 g/mol. The second-order valence-electron chi connectivity index (χ2n) is 17.8. The van der Waals surface area contributed by atoms with E-state index < -0.39 is 6.10 Å². The first-order valence-electron chi connectivity index (χ1n) is 26.5. The fourth-order valence-corrected chi connectivity index (χ4v) is 7.54. The molecule has 0 aliphatic carbocycles. The lowest BCUT2D eigenvalue weighted by Crippen LogP contribution is -2.30. The van der Waals surface area contributed by atoms with Gasteiger partial charge in [0.05, 0.1) is 0 Å².